The van der Waals surface area contributed by atoms with Crippen LogP contribution in [-0.4, -0.2) is 6.04 Å². The second-order valence-electron chi connectivity index (χ2n) is 5.01. The van der Waals surface area contributed by atoms with E-state index in [2.05, 4.69) is 26.1 Å². The molecule has 1 rings (SSSR count). The van der Waals surface area contributed by atoms with Gasteiger partial charge in [0, 0.05) is 22.7 Å². The van der Waals surface area contributed by atoms with Gasteiger partial charge in [0.2, 0.25) is 0 Å². The summed E-state index contributed by atoms with van der Waals surface area (Å²) in [5.74, 6) is 0.165. The summed E-state index contributed by atoms with van der Waals surface area (Å²) in [6, 6.07) is 3.11. The molecule has 108 valence electrons. The molecule has 1 nitrogen and oxygen atoms in total. The summed E-state index contributed by atoms with van der Waals surface area (Å²) in [5.41, 5.74) is 0.640. The van der Waals surface area contributed by atoms with Crippen LogP contribution in [0.5, 0.6) is 0 Å². The molecular formula is C15H22Cl2FN. The predicted octanol–water partition coefficient (Wildman–Crippen LogP) is 5.61. The van der Waals surface area contributed by atoms with Gasteiger partial charge in [-0.15, -0.1) is 0 Å². The number of hydrogen-bond acceptors (Lipinski definition) is 1. The van der Waals surface area contributed by atoms with Crippen molar-refractivity contribution >= 4 is 23.2 Å². The average Bonchev–Trinajstić information content (AvgIpc) is 2.36. The third-order valence-corrected chi connectivity index (χ3v) is 4.49. The Morgan fingerprint density at radius 2 is 1.74 bits per heavy atom. The van der Waals surface area contributed by atoms with E-state index in [0.29, 0.717) is 22.5 Å². The lowest BCUT2D eigenvalue weighted by atomic mass is 9.94. The van der Waals surface area contributed by atoms with E-state index < -0.39 is 5.82 Å². The summed E-state index contributed by atoms with van der Waals surface area (Å²) in [5, 5.41) is 4.09. The van der Waals surface area contributed by atoms with Crippen LogP contribution >= 0.6 is 23.2 Å². The maximum atomic E-state index is 13.5. The van der Waals surface area contributed by atoms with Gasteiger partial charge >= 0.3 is 0 Å². The first-order valence-electron chi connectivity index (χ1n) is 6.81. The van der Waals surface area contributed by atoms with E-state index in [1.807, 2.05) is 6.92 Å². The van der Waals surface area contributed by atoms with Gasteiger partial charge in [-0.1, -0.05) is 49.9 Å². The van der Waals surface area contributed by atoms with Crippen LogP contribution in [0.15, 0.2) is 12.1 Å². The fourth-order valence-electron chi connectivity index (χ4n) is 2.55. The third-order valence-electron chi connectivity index (χ3n) is 3.78. The highest BCUT2D eigenvalue weighted by molar-refractivity contribution is 6.36. The first kappa shape index (κ1) is 16.7. The van der Waals surface area contributed by atoms with E-state index in [-0.39, 0.29) is 11.1 Å². The smallest absolute Gasteiger partial charge is 0.142 e. The molecule has 0 saturated heterocycles. The molecule has 0 saturated carbocycles. The van der Waals surface area contributed by atoms with Crippen LogP contribution < -0.4 is 5.32 Å². The number of hydrogen-bond donors (Lipinski definition) is 1. The number of nitrogens with one attached hydrogen (secondary N) is 1. The molecule has 2 unspecified atom stereocenters. The summed E-state index contributed by atoms with van der Waals surface area (Å²) < 4.78 is 13.5. The van der Waals surface area contributed by atoms with Crippen molar-refractivity contribution in [2.45, 2.75) is 52.6 Å². The van der Waals surface area contributed by atoms with Crippen molar-refractivity contribution in [2.24, 2.45) is 5.92 Å². The summed E-state index contributed by atoms with van der Waals surface area (Å²) >= 11 is 12.2. The highest BCUT2D eigenvalue weighted by Crippen LogP contribution is 2.33. The fourth-order valence-corrected chi connectivity index (χ4v) is 3.25. The first-order chi connectivity index (χ1) is 8.92. The molecule has 1 aromatic carbocycles. The molecule has 0 aliphatic carbocycles. The second-order valence-corrected chi connectivity index (χ2v) is 5.80. The van der Waals surface area contributed by atoms with Crippen molar-refractivity contribution in [1.29, 1.82) is 0 Å². The zero-order valence-electron chi connectivity index (χ0n) is 11.9. The van der Waals surface area contributed by atoms with Gasteiger partial charge in [0.05, 0.1) is 5.02 Å². The number of rotatable bonds is 6. The molecule has 0 aliphatic rings. The topological polar surface area (TPSA) is 12.0 Å². The van der Waals surface area contributed by atoms with Crippen LogP contribution in [0.3, 0.4) is 0 Å². The van der Waals surface area contributed by atoms with Crippen molar-refractivity contribution in [2.75, 3.05) is 0 Å². The van der Waals surface area contributed by atoms with E-state index in [4.69, 9.17) is 23.2 Å². The number of benzene rings is 1. The minimum atomic E-state index is -0.426. The molecule has 4 heteroatoms. The Hall–Kier alpha value is -0.310. The molecular weight excluding hydrogens is 284 g/mol. The molecule has 0 amide bonds. The maximum absolute atomic E-state index is 13.5. The van der Waals surface area contributed by atoms with Gasteiger partial charge < -0.3 is 5.32 Å². The number of halogens is 3. The molecule has 19 heavy (non-hydrogen) atoms. The summed E-state index contributed by atoms with van der Waals surface area (Å²) in [7, 11) is 0. The molecule has 1 aromatic rings. The maximum Gasteiger partial charge on any atom is 0.142 e. The van der Waals surface area contributed by atoms with Gasteiger partial charge in [0.15, 0.2) is 0 Å². The molecule has 1 N–H and O–H groups in total. The molecule has 0 fully saturated rings. The van der Waals surface area contributed by atoms with Crippen LogP contribution in [0.1, 0.15) is 52.1 Å². The third kappa shape index (κ3) is 4.08. The standard InChI is InChI=1S/C15H22Cl2FN/c1-5-11(6-2)9(3)19-10(4)14-12(16)7-8-13(18)15(14)17/h7-11,19H,5-6H2,1-4H3. The van der Waals surface area contributed by atoms with Gasteiger partial charge in [-0.05, 0) is 31.9 Å². The van der Waals surface area contributed by atoms with Crippen molar-refractivity contribution in [3.8, 4) is 0 Å². The summed E-state index contributed by atoms with van der Waals surface area (Å²) in [6.07, 6.45) is 2.23. The molecule has 0 heterocycles. The molecule has 0 aromatic heterocycles. The first-order valence-corrected chi connectivity index (χ1v) is 7.57. The van der Waals surface area contributed by atoms with Gasteiger partial charge in [0.25, 0.3) is 0 Å². The Bertz CT molecular complexity index is 419. The van der Waals surface area contributed by atoms with Crippen LogP contribution in [0, 0.1) is 11.7 Å². The van der Waals surface area contributed by atoms with Crippen molar-refractivity contribution in [1.82, 2.24) is 5.32 Å². The van der Waals surface area contributed by atoms with Crippen LogP contribution in [0.4, 0.5) is 4.39 Å². The molecule has 0 radical (unpaired) electrons. The van der Waals surface area contributed by atoms with Gasteiger partial charge in [-0.2, -0.15) is 0 Å². The molecule has 0 aliphatic heterocycles. The largest absolute Gasteiger partial charge is 0.307 e. The Morgan fingerprint density at radius 1 is 1.16 bits per heavy atom. The zero-order valence-corrected chi connectivity index (χ0v) is 13.4. The minimum absolute atomic E-state index is 0.0775. The van der Waals surface area contributed by atoms with Crippen LogP contribution in [0.25, 0.3) is 0 Å². The van der Waals surface area contributed by atoms with Gasteiger partial charge in [-0.25, -0.2) is 4.39 Å². The normalized spacial score (nSPS) is 14.7. The molecule has 2 atom stereocenters. The predicted molar refractivity (Wildman–Crippen MR) is 81.5 cm³/mol. The lowest BCUT2D eigenvalue weighted by Gasteiger charge is -2.27. The minimum Gasteiger partial charge on any atom is -0.307 e. The van der Waals surface area contributed by atoms with Crippen LogP contribution in [0.2, 0.25) is 10.0 Å². The lowest BCUT2D eigenvalue weighted by molar-refractivity contribution is 0.330. The monoisotopic (exact) mass is 305 g/mol. The Kier molecular flexibility index (Phi) is 6.58. The lowest BCUT2D eigenvalue weighted by Crippen LogP contribution is -2.35. The van der Waals surface area contributed by atoms with Crippen LogP contribution in [-0.2, 0) is 0 Å². The highest BCUT2D eigenvalue weighted by atomic mass is 35.5. The summed E-state index contributed by atoms with van der Waals surface area (Å²) in [4.78, 5) is 0. The summed E-state index contributed by atoms with van der Waals surface area (Å²) in [6.45, 7) is 8.47. The Morgan fingerprint density at radius 3 is 2.26 bits per heavy atom. The van der Waals surface area contributed by atoms with E-state index in [0.717, 1.165) is 12.8 Å². The molecule has 0 spiro atoms. The zero-order chi connectivity index (χ0) is 14.6. The second kappa shape index (κ2) is 7.47. The van der Waals surface area contributed by atoms with Crippen molar-refractivity contribution in [3.63, 3.8) is 0 Å². The average molecular weight is 306 g/mol. The van der Waals surface area contributed by atoms with Crippen molar-refractivity contribution in [3.05, 3.63) is 33.6 Å². The van der Waals surface area contributed by atoms with E-state index in [1.54, 1.807) is 6.07 Å². The van der Waals surface area contributed by atoms with Gasteiger partial charge in [0.1, 0.15) is 5.82 Å². The SMILES string of the molecule is CCC(CC)C(C)NC(C)c1c(Cl)ccc(F)c1Cl. The quantitative estimate of drug-likeness (QED) is 0.674. The Labute approximate surface area is 125 Å². The van der Waals surface area contributed by atoms with Gasteiger partial charge in [-0.3, -0.25) is 0 Å². The van der Waals surface area contributed by atoms with E-state index in [9.17, 15) is 4.39 Å². The fraction of sp³-hybridized carbons (Fsp3) is 0.600. The Balaban J connectivity index is 2.89. The van der Waals surface area contributed by atoms with E-state index in [1.165, 1.54) is 6.07 Å². The van der Waals surface area contributed by atoms with E-state index >= 15 is 0 Å². The molecule has 0 bridgehead atoms. The highest BCUT2D eigenvalue weighted by Gasteiger charge is 2.21. The van der Waals surface area contributed by atoms with Crippen molar-refractivity contribution < 1.29 is 4.39 Å².